The Bertz CT molecular complexity index is 329. The molecule has 2 saturated heterocycles. The van der Waals surface area contributed by atoms with Gasteiger partial charge in [0.15, 0.2) is 0 Å². The van der Waals surface area contributed by atoms with E-state index in [1.54, 1.807) is 0 Å². The van der Waals surface area contributed by atoms with E-state index in [9.17, 15) is 4.79 Å². The molecule has 21 heavy (non-hydrogen) atoms. The molecular formula is C14H29Cl2N3O2. The highest BCUT2D eigenvalue weighted by atomic mass is 35.5. The van der Waals surface area contributed by atoms with Crippen molar-refractivity contribution in [3.63, 3.8) is 0 Å². The van der Waals surface area contributed by atoms with Crippen molar-refractivity contribution in [2.75, 3.05) is 26.2 Å². The molecule has 2 fully saturated rings. The Labute approximate surface area is 140 Å². The molecule has 1 amide bonds. The van der Waals surface area contributed by atoms with Crippen molar-refractivity contribution >= 4 is 30.9 Å². The van der Waals surface area contributed by atoms with Gasteiger partial charge in [0.25, 0.3) is 0 Å². The minimum absolute atomic E-state index is 0. The predicted molar refractivity (Wildman–Crippen MR) is 89.5 cm³/mol. The number of amides is 1. The van der Waals surface area contributed by atoms with Crippen LogP contribution in [0.5, 0.6) is 0 Å². The van der Waals surface area contributed by atoms with Gasteiger partial charge in [-0.3, -0.25) is 4.90 Å². The quantitative estimate of drug-likeness (QED) is 0.794. The van der Waals surface area contributed by atoms with Crippen molar-refractivity contribution in [3.05, 3.63) is 0 Å². The van der Waals surface area contributed by atoms with Gasteiger partial charge in [-0.2, -0.15) is 0 Å². The van der Waals surface area contributed by atoms with E-state index in [0.29, 0.717) is 12.1 Å². The van der Waals surface area contributed by atoms with Gasteiger partial charge in [-0.1, -0.05) is 0 Å². The third-order valence-electron chi connectivity index (χ3n) is 3.91. The fourth-order valence-electron chi connectivity index (χ4n) is 2.82. The number of halogens is 2. The maximum Gasteiger partial charge on any atom is 0.410 e. The van der Waals surface area contributed by atoms with Gasteiger partial charge in [-0.15, -0.1) is 24.8 Å². The summed E-state index contributed by atoms with van der Waals surface area (Å²) in [4.78, 5) is 16.3. The average Bonchev–Trinajstić information content (AvgIpc) is 2.77. The number of carbonyl (C=O) groups is 1. The Morgan fingerprint density at radius 2 is 1.67 bits per heavy atom. The van der Waals surface area contributed by atoms with Crippen molar-refractivity contribution in [1.82, 2.24) is 9.80 Å². The molecule has 0 bridgehead atoms. The predicted octanol–water partition coefficient (Wildman–Crippen LogP) is 2.26. The normalized spacial score (nSPS) is 24.2. The molecule has 2 aliphatic heterocycles. The number of likely N-dealkylation sites (tertiary alicyclic amines) is 2. The van der Waals surface area contributed by atoms with Gasteiger partial charge in [0.1, 0.15) is 5.60 Å². The van der Waals surface area contributed by atoms with Gasteiger partial charge in [0.05, 0.1) is 0 Å². The summed E-state index contributed by atoms with van der Waals surface area (Å²) in [6, 6.07) is 0.847. The highest BCUT2D eigenvalue weighted by molar-refractivity contribution is 5.85. The summed E-state index contributed by atoms with van der Waals surface area (Å²) < 4.78 is 5.42. The molecule has 0 aromatic heterocycles. The van der Waals surface area contributed by atoms with Crippen LogP contribution in [0.1, 0.15) is 40.0 Å². The summed E-state index contributed by atoms with van der Waals surface area (Å²) in [6.07, 6.45) is 3.02. The van der Waals surface area contributed by atoms with Crippen LogP contribution in [0.25, 0.3) is 0 Å². The smallest absolute Gasteiger partial charge is 0.410 e. The first-order chi connectivity index (χ1) is 8.85. The monoisotopic (exact) mass is 341 g/mol. The summed E-state index contributed by atoms with van der Waals surface area (Å²) in [5.41, 5.74) is 5.52. The Kier molecular flexibility index (Phi) is 8.32. The van der Waals surface area contributed by atoms with Crippen LogP contribution >= 0.6 is 24.8 Å². The highest BCUT2D eigenvalue weighted by Gasteiger charge is 2.33. The molecule has 2 aliphatic rings. The number of piperidine rings is 1. The second-order valence-electron chi connectivity index (χ2n) is 6.74. The van der Waals surface area contributed by atoms with E-state index in [1.807, 2.05) is 25.7 Å². The lowest BCUT2D eigenvalue weighted by atomic mass is 10.0. The largest absolute Gasteiger partial charge is 0.444 e. The van der Waals surface area contributed by atoms with E-state index in [1.165, 1.54) is 0 Å². The zero-order valence-electron chi connectivity index (χ0n) is 13.2. The zero-order valence-corrected chi connectivity index (χ0v) is 14.8. The lowest BCUT2D eigenvalue weighted by molar-refractivity contribution is 0.0276. The molecule has 2 heterocycles. The highest BCUT2D eigenvalue weighted by Crippen LogP contribution is 2.21. The van der Waals surface area contributed by atoms with Gasteiger partial charge in [0.2, 0.25) is 0 Å². The Hall–Kier alpha value is -0.230. The SMILES string of the molecule is CC(C)(C)OC(=O)N1CC[C@H](N2CCC(N)CC2)C1.Cl.Cl. The first-order valence-electron chi connectivity index (χ1n) is 7.33. The fourth-order valence-corrected chi connectivity index (χ4v) is 2.82. The number of ether oxygens (including phenoxy) is 1. The van der Waals surface area contributed by atoms with E-state index in [0.717, 1.165) is 45.4 Å². The molecular weight excluding hydrogens is 313 g/mol. The third-order valence-corrected chi connectivity index (χ3v) is 3.91. The van der Waals surface area contributed by atoms with Gasteiger partial charge in [-0.25, -0.2) is 4.79 Å². The molecule has 5 nitrogen and oxygen atoms in total. The third kappa shape index (κ3) is 6.19. The minimum atomic E-state index is -0.410. The second-order valence-corrected chi connectivity index (χ2v) is 6.74. The van der Waals surface area contributed by atoms with Crippen LogP contribution in [0.15, 0.2) is 0 Å². The molecule has 0 saturated carbocycles. The molecule has 126 valence electrons. The summed E-state index contributed by atoms with van der Waals surface area (Å²) >= 11 is 0. The molecule has 2 N–H and O–H groups in total. The first-order valence-corrected chi connectivity index (χ1v) is 7.33. The zero-order chi connectivity index (χ0) is 14.0. The standard InChI is InChI=1S/C14H27N3O2.2ClH/c1-14(2,3)19-13(18)17-9-6-12(10-17)16-7-4-11(15)5-8-16;;/h11-12H,4-10,15H2,1-3H3;2*1H/t12-;;/m0../s1. The van der Waals surface area contributed by atoms with Crippen LogP contribution in [0.2, 0.25) is 0 Å². The van der Waals surface area contributed by atoms with Gasteiger partial charge < -0.3 is 15.4 Å². The van der Waals surface area contributed by atoms with Gasteiger partial charge in [0, 0.05) is 25.2 Å². The topological polar surface area (TPSA) is 58.8 Å². The van der Waals surface area contributed by atoms with Crippen LogP contribution in [0, 0.1) is 0 Å². The van der Waals surface area contributed by atoms with Crippen molar-refractivity contribution in [2.45, 2.75) is 57.7 Å². The van der Waals surface area contributed by atoms with Crippen molar-refractivity contribution in [2.24, 2.45) is 5.73 Å². The molecule has 7 heteroatoms. The number of nitrogens with zero attached hydrogens (tertiary/aromatic N) is 2. The van der Waals surface area contributed by atoms with E-state index < -0.39 is 5.60 Å². The molecule has 1 atom stereocenters. The molecule has 0 aromatic rings. The second kappa shape index (κ2) is 8.42. The summed E-state index contributed by atoms with van der Waals surface area (Å²) in [6.45, 7) is 9.45. The van der Waals surface area contributed by atoms with Crippen molar-refractivity contribution in [1.29, 1.82) is 0 Å². The Morgan fingerprint density at radius 3 is 2.19 bits per heavy atom. The van der Waals surface area contributed by atoms with Crippen LogP contribution in [0.3, 0.4) is 0 Å². The molecule has 0 spiro atoms. The lowest BCUT2D eigenvalue weighted by Crippen LogP contribution is -2.46. The number of rotatable bonds is 1. The molecule has 0 aliphatic carbocycles. The summed E-state index contributed by atoms with van der Waals surface area (Å²) in [7, 11) is 0. The fraction of sp³-hybridized carbons (Fsp3) is 0.929. The Morgan fingerprint density at radius 1 is 1.10 bits per heavy atom. The van der Waals surface area contributed by atoms with E-state index >= 15 is 0 Å². The summed E-state index contributed by atoms with van der Waals surface area (Å²) in [5, 5.41) is 0. The maximum atomic E-state index is 12.0. The van der Waals surface area contributed by atoms with Gasteiger partial charge >= 0.3 is 6.09 Å². The minimum Gasteiger partial charge on any atom is -0.444 e. The van der Waals surface area contributed by atoms with Crippen LogP contribution < -0.4 is 5.73 Å². The average molecular weight is 342 g/mol. The van der Waals surface area contributed by atoms with Gasteiger partial charge in [-0.05, 0) is 53.1 Å². The van der Waals surface area contributed by atoms with E-state index in [4.69, 9.17) is 10.5 Å². The number of hydrogen-bond donors (Lipinski definition) is 1. The molecule has 0 unspecified atom stereocenters. The lowest BCUT2D eigenvalue weighted by Gasteiger charge is -2.34. The first kappa shape index (κ1) is 20.8. The molecule has 0 radical (unpaired) electrons. The van der Waals surface area contributed by atoms with Crippen LogP contribution in [-0.4, -0.2) is 59.8 Å². The molecule has 2 rings (SSSR count). The van der Waals surface area contributed by atoms with E-state index in [-0.39, 0.29) is 30.9 Å². The van der Waals surface area contributed by atoms with Crippen molar-refractivity contribution in [3.8, 4) is 0 Å². The van der Waals surface area contributed by atoms with Crippen molar-refractivity contribution < 1.29 is 9.53 Å². The van der Waals surface area contributed by atoms with Crippen LogP contribution in [0.4, 0.5) is 4.79 Å². The number of hydrogen-bond acceptors (Lipinski definition) is 4. The number of nitrogens with two attached hydrogens (primary N) is 1. The van der Waals surface area contributed by atoms with Crippen LogP contribution in [-0.2, 0) is 4.74 Å². The maximum absolute atomic E-state index is 12.0. The number of carbonyl (C=O) groups excluding carboxylic acids is 1. The van der Waals surface area contributed by atoms with E-state index in [2.05, 4.69) is 4.90 Å². The molecule has 0 aromatic carbocycles. The Balaban J connectivity index is 0.00000200. The summed E-state index contributed by atoms with van der Waals surface area (Å²) in [5.74, 6) is 0.